The van der Waals surface area contributed by atoms with Crippen LogP contribution in [0.2, 0.25) is 0 Å². The number of Topliss-reactive ketones (excluding diaryl/α,β-unsaturated/α-hetero) is 1. The fraction of sp³-hybridized carbons (Fsp3) is 0.900. The summed E-state index contributed by atoms with van der Waals surface area (Å²) >= 11 is 1.75. The third kappa shape index (κ3) is 5.64. The van der Waals surface area contributed by atoms with E-state index in [0.29, 0.717) is 11.7 Å². The van der Waals surface area contributed by atoms with Crippen LogP contribution in [0.5, 0.6) is 0 Å². The first kappa shape index (κ1) is 12.0. The van der Waals surface area contributed by atoms with Gasteiger partial charge < -0.3 is 0 Å². The summed E-state index contributed by atoms with van der Waals surface area (Å²) in [6, 6.07) is 0. The van der Waals surface area contributed by atoms with Gasteiger partial charge in [-0.15, -0.1) is 0 Å². The maximum Gasteiger partial charge on any atom is 0.136 e. The van der Waals surface area contributed by atoms with E-state index in [-0.39, 0.29) is 5.92 Å². The molecular weight excluding hydrogens is 168 g/mol. The Morgan fingerprint density at radius 3 is 2.33 bits per heavy atom. The smallest absolute Gasteiger partial charge is 0.136 e. The molecule has 0 aromatic carbocycles. The van der Waals surface area contributed by atoms with Crippen LogP contribution in [0, 0.1) is 11.8 Å². The summed E-state index contributed by atoms with van der Waals surface area (Å²) in [6.07, 6.45) is 3.85. The second-order valence-electron chi connectivity index (χ2n) is 3.76. The van der Waals surface area contributed by atoms with E-state index in [4.69, 9.17) is 0 Å². The summed E-state index contributed by atoms with van der Waals surface area (Å²) in [6.45, 7) is 6.35. The third-order valence-corrected chi connectivity index (χ3v) is 2.77. The van der Waals surface area contributed by atoms with Crippen LogP contribution in [0.25, 0.3) is 0 Å². The summed E-state index contributed by atoms with van der Waals surface area (Å²) in [5, 5.41) is 0. The molecule has 0 amide bonds. The van der Waals surface area contributed by atoms with Gasteiger partial charge in [0.2, 0.25) is 0 Å². The lowest BCUT2D eigenvalue weighted by Gasteiger charge is -2.09. The molecule has 0 bridgehead atoms. The van der Waals surface area contributed by atoms with Crippen molar-refractivity contribution in [2.75, 3.05) is 12.0 Å². The number of carbonyl (C=O) groups excluding carboxylic acids is 1. The highest BCUT2D eigenvalue weighted by Gasteiger charge is 2.11. The van der Waals surface area contributed by atoms with Crippen molar-refractivity contribution < 1.29 is 4.79 Å². The molecule has 0 rings (SSSR count). The highest BCUT2D eigenvalue weighted by molar-refractivity contribution is 7.98. The Bertz CT molecular complexity index is 132. The van der Waals surface area contributed by atoms with Gasteiger partial charge in [-0.1, -0.05) is 20.8 Å². The van der Waals surface area contributed by atoms with Crippen molar-refractivity contribution in [3.63, 3.8) is 0 Å². The lowest BCUT2D eigenvalue weighted by molar-refractivity contribution is -0.122. The molecule has 1 unspecified atom stereocenters. The predicted octanol–water partition coefficient (Wildman–Crippen LogP) is 2.99. The van der Waals surface area contributed by atoms with Gasteiger partial charge in [-0.3, -0.25) is 4.79 Å². The molecule has 0 saturated carbocycles. The molecule has 0 aromatic heterocycles. The maximum atomic E-state index is 11.4. The second-order valence-corrected chi connectivity index (χ2v) is 4.67. The molecule has 0 N–H and O–H groups in total. The van der Waals surface area contributed by atoms with E-state index in [1.807, 2.05) is 13.2 Å². The van der Waals surface area contributed by atoms with Gasteiger partial charge in [0.1, 0.15) is 5.78 Å². The fourth-order valence-electron chi connectivity index (χ4n) is 1.02. The van der Waals surface area contributed by atoms with Crippen LogP contribution in [-0.4, -0.2) is 17.8 Å². The van der Waals surface area contributed by atoms with E-state index in [0.717, 1.165) is 18.6 Å². The zero-order valence-electron chi connectivity index (χ0n) is 8.59. The van der Waals surface area contributed by atoms with E-state index in [1.165, 1.54) is 0 Å². The maximum absolute atomic E-state index is 11.4. The van der Waals surface area contributed by atoms with Gasteiger partial charge in [0.05, 0.1) is 0 Å². The molecule has 0 heterocycles. The monoisotopic (exact) mass is 188 g/mol. The summed E-state index contributed by atoms with van der Waals surface area (Å²) < 4.78 is 0. The van der Waals surface area contributed by atoms with Gasteiger partial charge in [-0.2, -0.15) is 11.8 Å². The molecule has 0 aliphatic heterocycles. The minimum Gasteiger partial charge on any atom is -0.299 e. The molecule has 0 radical (unpaired) electrons. The van der Waals surface area contributed by atoms with E-state index >= 15 is 0 Å². The molecule has 1 nitrogen and oxygen atoms in total. The van der Waals surface area contributed by atoms with Gasteiger partial charge in [0, 0.05) is 18.1 Å². The van der Waals surface area contributed by atoms with Gasteiger partial charge >= 0.3 is 0 Å². The normalized spacial score (nSPS) is 13.4. The second kappa shape index (κ2) is 6.53. The number of hydrogen-bond acceptors (Lipinski definition) is 2. The standard InChI is InChI=1S/C10H20OS/c1-8(2)5-6-10(11)9(3)7-12-4/h8-9H,5-7H2,1-4H3. The van der Waals surface area contributed by atoms with Crippen molar-refractivity contribution in [2.45, 2.75) is 33.6 Å². The molecule has 0 aliphatic rings. The van der Waals surface area contributed by atoms with Crippen LogP contribution in [0.4, 0.5) is 0 Å². The van der Waals surface area contributed by atoms with E-state index in [1.54, 1.807) is 11.8 Å². The highest BCUT2D eigenvalue weighted by Crippen LogP contribution is 2.12. The van der Waals surface area contributed by atoms with Gasteiger partial charge in [-0.25, -0.2) is 0 Å². The van der Waals surface area contributed by atoms with E-state index in [2.05, 4.69) is 13.8 Å². The lowest BCUT2D eigenvalue weighted by atomic mass is 10.00. The van der Waals surface area contributed by atoms with Gasteiger partial charge in [0.15, 0.2) is 0 Å². The van der Waals surface area contributed by atoms with Crippen molar-refractivity contribution in [1.82, 2.24) is 0 Å². The van der Waals surface area contributed by atoms with Crippen molar-refractivity contribution >= 4 is 17.5 Å². The summed E-state index contributed by atoms with van der Waals surface area (Å²) in [5.74, 6) is 2.30. The first-order valence-corrected chi connectivity index (χ1v) is 5.99. The number of thioether (sulfide) groups is 1. The fourth-order valence-corrected chi connectivity index (χ4v) is 1.71. The molecule has 0 spiro atoms. The zero-order chi connectivity index (χ0) is 9.56. The summed E-state index contributed by atoms with van der Waals surface area (Å²) in [5.41, 5.74) is 0. The number of rotatable bonds is 6. The molecule has 0 aromatic rings. The summed E-state index contributed by atoms with van der Waals surface area (Å²) in [7, 11) is 0. The van der Waals surface area contributed by atoms with Crippen molar-refractivity contribution in [3.8, 4) is 0 Å². The van der Waals surface area contributed by atoms with Crippen LogP contribution < -0.4 is 0 Å². The minimum atomic E-state index is 0.249. The molecule has 72 valence electrons. The third-order valence-electron chi connectivity index (χ3n) is 1.93. The average molecular weight is 188 g/mol. The lowest BCUT2D eigenvalue weighted by Crippen LogP contribution is -2.13. The van der Waals surface area contributed by atoms with Gasteiger partial charge in [0.25, 0.3) is 0 Å². The largest absolute Gasteiger partial charge is 0.299 e. The highest BCUT2D eigenvalue weighted by atomic mass is 32.2. The Balaban J connectivity index is 3.57. The Kier molecular flexibility index (Phi) is 6.54. The first-order valence-electron chi connectivity index (χ1n) is 4.59. The molecular formula is C10H20OS. The first-order chi connectivity index (χ1) is 5.57. The molecule has 1 atom stereocenters. The molecule has 2 heteroatoms. The van der Waals surface area contributed by atoms with Crippen LogP contribution in [-0.2, 0) is 4.79 Å². The molecule has 0 fully saturated rings. The Morgan fingerprint density at radius 2 is 1.92 bits per heavy atom. The average Bonchev–Trinajstić information content (AvgIpc) is 2.00. The van der Waals surface area contributed by atoms with Crippen molar-refractivity contribution in [1.29, 1.82) is 0 Å². The van der Waals surface area contributed by atoms with E-state index < -0.39 is 0 Å². The van der Waals surface area contributed by atoms with E-state index in [9.17, 15) is 4.79 Å². The van der Waals surface area contributed by atoms with Crippen molar-refractivity contribution in [2.24, 2.45) is 11.8 Å². The van der Waals surface area contributed by atoms with Crippen LogP contribution in [0.15, 0.2) is 0 Å². The molecule has 0 saturated heterocycles. The Labute approximate surface area is 80.3 Å². The van der Waals surface area contributed by atoms with Crippen LogP contribution >= 0.6 is 11.8 Å². The minimum absolute atomic E-state index is 0.249. The number of carbonyl (C=O) groups is 1. The topological polar surface area (TPSA) is 17.1 Å². The zero-order valence-corrected chi connectivity index (χ0v) is 9.41. The summed E-state index contributed by atoms with van der Waals surface area (Å²) in [4.78, 5) is 11.4. The SMILES string of the molecule is CSCC(C)C(=O)CCC(C)C. The molecule has 0 aliphatic carbocycles. The van der Waals surface area contributed by atoms with Crippen LogP contribution in [0.1, 0.15) is 33.6 Å². The molecule has 12 heavy (non-hydrogen) atoms. The predicted molar refractivity (Wildman–Crippen MR) is 56.6 cm³/mol. The van der Waals surface area contributed by atoms with Crippen molar-refractivity contribution in [3.05, 3.63) is 0 Å². The Hall–Kier alpha value is 0.0200. The Morgan fingerprint density at radius 1 is 1.33 bits per heavy atom. The van der Waals surface area contributed by atoms with Gasteiger partial charge in [-0.05, 0) is 18.6 Å². The number of hydrogen-bond donors (Lipinski definition) is 0. The quantitative estimate of drug-likeness (QED) is 0.637. The number of ketones is 1. The van der Waals surface area contributed by atoms with Crippen LogP contribution in [0.3, 0.4) is 0 Å².